The number of sulfone groups is 1. The maximum absolute atomic E-state index is 12.1. The van der Waals surface area contributed by atoms with E-state index < -0.39 is 9.84 Å². The van der Waals surface area contributed by atoms with E-state index in [0.717, 1.165) is 48.6 Å². The molecule has 1 unspecified atom stereocenters. The molecular formula is C22H25NO3S. The predicted octanol–water partition coefficient (Wildman–Crippen LogP) is 4.49. The van der Waals surface area contributed by atoms with Gasteiger partial charge in [-0.25, -0.2) is 8.42 Å². The van der Waals surface area contributed by atoms with Crippen molar-refractivity contribution in [2.75, 3.05) is 18.8 Å². The van der Waals surface area contributed by atoms with Crippen LogP contribution in [0.2, 0.25) is 0 Å². The Balaban J connectivity index is 1.53. The van der Waals surface area contributed by atoms with Crippen molar-refractivity contribution in [1.82, 2.24) is 4.90 Å². The maximum Gasteiger partial charge on any atom is 0.175 e. The summed E-state index contributed by atoms with van der Waals surface area (Å²) in [5.74, 6) is 1.99. The number of fused-ring (bicyclic) bond motifs is 1. The fourth-order valence-electron chi connectivity index (χ4n) is 3.90. The van der Waals surface area contributed by atoms with Crippen LogP contribution in [0.3, 0.4) is 0 Å². The molecule has 2 aliphatic rings. The monoisotopic (exact) mass is 383 g/mol. The molecule has 1 saturated heterocycles. The Morgan fingerprint density at radius 2 is 1.67 bits per heavy atom. The lowest BCUT2D eigenvalue weighted by atomic mass is 9.88. The van der Waals surface area contributed by atoms with Crippen LogP contribution < -0.4 is 4.74 Å². The van der Waals surface area contributed by atoms with E-state index in [1.807, 2.05) is 24.3 Å². The zero-order chi connectivity index (χ0) is 18.9. The zero-order valence-corrected chi connectivity index (χ0v) is 16.4. The van der Waals surface area contributed by atoms with Crippen LogP contribution in [0.4, 0.5) is 0 Å². The average molecular weight is 384 g/mol. The fraction of sp³-hybridized carbons (Fsp3) is 0.364. The lowest BCUT2D eigenvalue weighted by Crippen LogP contribution is -2.39. The van der Waals surface area contributed by atoms with Crippen LogP contribution in [0.1, 0.15) is 36.8 Å². The Morgan fingerprint density at radius 3 is 2.33 bits per heavy atom. The second kappa shape index (κ2) is 7.39. The van der Waals surface area contributed by atoms with E-state index in [0.29, 0.717) is 6.54 Å². The number of ether oxygens (including phenoxy) is 1. The number of hydrogen-bond donors (Lipinski definition) is 0. The zero-order valence-electron chi connectivity index (χ0n) is 15.6. The van der Waals surface area contributed by atoms with Crippen LogP contribution in [0, 0.1) is 0 Å². The first-order valence-electron chi connectivity index (χ1n) is 9.60. The summed E-state index contributed by atoms with van der Waals surface area (Å²) < 4.78 is 30.1. The summed E-state index contributed by atoms with van der Waals surface area (Å²) in [7, 11) is -3.08. The summed E-state index contributed by atoms with van der Waals surface area (Å²) in [5, 5.41) is 1.50. The summed E-state index contributed by atoms with van der Waals surface area (Å²) in [6, 6.07) is 16.2. The van der Waals surface area contributed by atoms with Gasteiger partial charge in [-0.15, -0.1) is 0 Å². The highest BCUT2D eigenvalue weighted by Crippen LogP contribution is 2.38. The van der Waals surface area contributed by atoms with Crippen LogP contribution in [-0.4, -0.2) is 32.2 Å². The molecule has 2 heterocycles. The molecular weight excluding hydrogens is 358 g/mol. The van der Waals surface area contributed by atoms with Gasteiger partial charge in [0.25, 0.3) is 0 Å². The molecule has 2 aliphatic heterocycles. The summed E-state index contributed by atoms with van der Waals surface area (Å²) in [4.78, 5) is 2.23. The topological polar surface area (TPSA) is 46.6 Å². The molecule has 4 rings (SSSR count). The molecule has 0 spiro atoms. The van der Waals surface area contributed by atoms with Gasteiger partial charge < -0.3 is 9.64 Å². The fourth-order valence-corrected chi connectivity index (χ4v) is 5.17. The minimum absolute atomic E-state index is 0.145. The van der Waals surface area contributed by atoms with Crippen molar-refractivity contribution in [2.24, 2.45) is 0 Å². The summed E-state index contributed by atoms with van der Waals surface area (Å²) >= 11 is 0. The van der Waals surface area contributed by atoms with E-state index in [-0.39, 0.29) is 11.7 Å². The molecule has 0 radical (unpaired) electrons. The number of hydrogen-bond acceptors (Lipinski definition) is 4. The Bertz CT molecular complexity index is 931. The van der Waals surface area contributed by atoms with Crippen LogP contribution in [0.15, 0.2) is 59.6 Å². The van der Waals surface area contributed by atoms with E-state index >= 15 is 0 Å². The Kier molecular flexibility index (Phi) is 4.96. The molecule has 1 atom stereocenters. The number of nitrogens with zero attached hydrogens (tertiary/aromatic N) is 1. The van der Waals surface area contributed by atoms with Gasteiger partial charge in [0.15, 0.2) is 9.84 Å². The first-order valence-corrected chi connectivity index (χ1v) is 11.3. The number of allylic oxidation sites excluding steroid dienone is 1. The van der Waals surface area contributed by atoms with Gasteiger partial charge in [0.1, 0.15) is 11.5 Å². The minimum Gasteiger partial charge on any atom is -0.457 e. The van der Waals surface area contributed by atoms with E-state index in [9.17, 15) is 8.42 Å². The molecule has 0 aliphatic carbocycles. The summed E-state index contributed by atoms with van der Waals surface area (Å²) in [6.45, 7) is 3.69. The van der Waals surface area contributed by atoms with E-state index in [1.54, 1.807) is 0 Å². The molecule has 0 N–H and O–H groups in total. The first kappa shape index (κ1) is 18.1. The van der Waals surface area contributed by atoms with Crippen molar-refractivity contribution in [1.29, 1.82) is 0 Å². The van der Waals surface area contributed by atoms with Gasteiger partial charge in [-0.05, 0) is 54.7 Å². The van der Waals surface area contributed by atoms with Crippen molar-refractivity contribution in [3.63, 3.8) is 0 Å². The molecule has 4 nitrogen and oxygen atoms in total. The number of piperidine rings is 1. The smallest absolute Gasteiger partial charge is 0.175 e. The third kappa shape index (κ3) is 4.03. The molecule has 0 saturated carbocycles. The molecule has 1 fully saturated rings. The largest absolute Gasteiger partial charge is 0.457 e. The van der Waals surface area contributed by atoms with Crippen LogP contribution >= 0.6 is 0 Å². The Labute approximate surface area is 161 Å². The molecule has 27 heavy (non-hydrogen) atoms. The molecule has 142 valence electrons. The van der Waals surface area contributed by atoms with Crippen LogP contribution in [0.25, 0.3) is 0 Å². The molecule has 2 aromatic carbocycles. The first-order chi connectivity index (χ1) is 13.0. The third-order valence-corrected chi connectivity index (χ3v) is 6.79. The lowest BCUT2D eigenvalue weighted by molar-refractivity contribution is 0.281. The van der Waals surface area contributed by atoms with Crippen molar-refractivity contribution in [3.05, 3.63) is 70.8 Å². The highest BCUT2D eigenvalue weighted by Gasteiger charge is 2.31. The van der Waals surface area contributed by atoms with E-state index in [4.69, 9.17) is 4.74 Å². The number of aryl methyl sites for hydroxylation is 1. The normalized spacial score (nSPS) is 21.3. The van der Waals surface area contributed by atoms with Gasteiger partial charge in [0.2, 0.25) is 0 Å². The molecule has 0 bridgehead atoms. The molecule has 0 amide bonds. The van der Waals surface area contributed by atoms with Crippen LogP contribution in [0.5, 0.6) is 11.5 Å². The SMILES string of the molecule is CCc1ccc(Oc2ccc(C3CCCN4CCS(=O)(=O)C=C34)cc2)cc1. The second-order valence-electron chi connectivity index (χ2n) is 7.26. The molecule has 0 aromatic heterocycles. The summed E-state index contributed by atoms with van der Waals surface area (Å²) in [5.41, 5.74) is 3.39. The van der Waals surface area contributed by atoms with Gasteiger partial charge in [-0.3, -0.25) is 0 Å². The van der Waals surface area contributed by atoms with Gasteiger partial charge in [-0.1, -0.05) is 31.2 Å². The maximum atomic E-state index is 12.1. The minimum atomic E-state index is -3.08. The van der Waals surface area contributed by atoms with E-state index in [2.05, 4.69) is 36.1 Å². The standard InChI is InChI=1S/C22H25NO3S/c1-2-17-5-9-19(10-6-17)26-20-11-7-18(8-12-20)21-4-3-13-23-14-15-27(24,25)16-22(21)23/h5-12,16,21H,2-4,13-15H2,1H3. The third-order valence-electron chi connectivity index (χ3n) is 5.44. The van der Waals surface area contributed by atoms with Crippen molar-refractivity contribution in [3.8, 4) is 11.5 Å². The highest BCUT2D eigenvalue weighted by molar-refractivity contribution is 7.94. The van der Waals surface area contributed by atoms with Crippen molar-refractivity contribution in [2.45, 2.75) is 32.1 Å². The summed E-state index contributed by atoms with van der Waals surface area (Å²) in [6.07, 6.45) is 3.08. The number of rotatable bonds is 4. The quantitative estimate of drug-likeness (QED) is 0.780. The van der Waals surface area contributed by atoms with Gasteiger partial charge in [0.05, 0.1) is 11.2 Å². The second-order valence-corrected chi connectivity index (χ2v) is 9.23. The Hall–Kier alpha value is -2.27. The van der Waals surface area contributed by atoms with Crippen LogP contribution in [-0.2, 0) is 16.3 Å². The lowest BCUT2D eigenvalue weighted by Gasteiger charge is -2.39. The Morgan fingerprint density at radius 1 is 1.00 bits per heavy atom. The molecule has 2 aromatic rings. The van der Waals surface area contributed by atoms with E-state index in [1.165, 1.54) is 11.0 Å². The van der Waals surface area contributed by atoms with Gasteiger partial charge in [0, 0.05) is 24.7 Å². The van der Waals surface area contributed by atoms with Crippen molar-refractivity contribution >= 4 is 9.84 Å². The van der Waals surface area contributed by atoms with Crippen molar-refractivity contribution < 1.29 is 13.2 Å². The predicted molar refractivity (Wildman–Crippen MR) is 108 cm³/mol. The highest BCUT2D eigenvalue weighted by atomic mass is 32.2. The van der Waals surface area contributed by atoms with Gasteiger partial charge in [-0.2, -0.15) is 0 Å². The van der Waals surface area contributed by atoms with Gasteiger partial charge >= 0.3 is 0 Å². The number of benzene rings is 2. The average Bonchev–Trinajstić information content (AvgIpc) is 2.68. The molecule has 5 heteroatoms.